The molecule has 4 heteroatoms. The molecule has 1 aliphatic rings. The Morgan fingerprint density at radius 2 is 2.00 bits per heavy atom. The second-order valence-electron chi connectivity index (χ2n) is 8.92. The summed E-state index contributed by atoms with van der Waals surface area (Å²) in [6, 6.07) is 5.68. The Hall–Kier alpha value is -2.23. The van der Waals surface area contributed by atoms with Gasteiger partial charge in [-0.3, -0.25) is 0 Å². The van der Waals surface area contributed by atoms with E-state index in [1.165, 1.54) is 36.8 Å². The molecule has 0 radical (unpaired) electrons. The number of methoxy groups -OCH3 is 2. The first-order valence-corrected chi connectivity index (χ1v) is 11.7. The fraction of sp³-hybridized carbons (Fsp3) is 0.593. The van der Waals surface area contributed by atoms with E-state index in [2.05, 4.69) is 26.8 Å². The van der Waals surface area contributed by atoms with Gasteiger partial charge in [0.25, 0.3) is 0 Å². The second kappa shape index (κ2) is 12.0. The van der Waals surface area contributed by atoms with E-state index in [-0.39, 0.29) is 5.56 Å². The van der Waals surface area contributed by atoms with Crippen LogP contribution in [0.1, 0.15) is 88.1 Å². The van der Waals surface area contributed by atoms with Crippen LogP contribution in [0.3, 0.4) is 0 Å². The largest absolute Gasteiger partial charge is 0.497 e. The number of aromatic carboxylic acids is 1. The van der Waals surface area contributed by atoms with E-state index in [0.717, 1.165) is 18.6 Å². The van der Waals surface area contributed by atoms with Crippen molar-refractivity contribution in [3.63, 3.8) is 0 Å². The first kappa shape index (κ1) is 25.0. The van der Waals surface area contributed by atoms with Crippen molar-refractivity contribution in [2.24, 2.45) is 17.8 Å². The zero-order chi connectivity index (χ0) is 23.0. The molecule has 3 atom stereocenters. The summed E-state index contributed by atoms with van der Waals surface area (Å²) in [6.07, 6.45) is 11.4. The topological polar surface area (TPSA) is 55.8 Å². The van der Waals surface area contributed by atoms with Crippen LogP contribution in [0.25, 0.3) is 0 Å². The van der Waals surface area contributed by atoms with E-state index in [9.17, 15) is 9.90 Å². The molecule has 1 aromatic rings. The summed E-state index contributed by atoms with van der Waals surface area (Å²) in [5.74, 6) is 2.54. The van der Waals surface area contributed by atoms with Crippen LogP contribution in [0.2, 0.25) is 0 Å². The van der Waals surface area contributed by atoms with Crippen LogP contribution in [-0.2, 0) is 4.74 Å². The molecular weight excluding hydrogens is 388 g/mol. The van der Waals surface area contributed by atoms with Crippen molar-refractivity contribution in [3.8, 4) is 5.75 Å². The van der Waals surface area contributed by atoms with Gasteiger partial charge in [0.1, 0.15) is 17.1 Å². The maximum absolute atomic E-state index is 11.5. The number of allylic oxidation sites excluding steroid dienone is 3. The van der Waals surface area contributed by atoms with Crippen molar-refractivity contribution in [2.45, 2.75) is 72.1 Å². The predicted molar refractivity (Wildman–Crippen MR) is 127 cm³/mol. The van der Waals surface area contributed by atoms with E-state index in [4.69, 9.17) is 9.47 Å². The van der Waals surface area contributed by atoms with Gasteiger partial charge in [0.2, 0.25) is 0 Å². The lowest BCUT2D eigenvalue weighted by Gasteiger charge is -2.38. The first-order valence-electron chi connectivity index (χ1n) is 11.7. The minimum Gasteiger partial charge on any atom is -0.497 e. The van der Waals surface area contributed by atoms with Crippen molar-refractivity contribution in [2.75, 3.05) is 14.2 Å². The number of ether oxygens (including phenoxy) is 2. The molecule has 4 nitrogen and oxygen atoms in total. The van der Waals surface area contributed by atoms with Crippen LogP contribution in [0.4, 0.5) is 0 Å². The summed E-state index contributed by atoms with van der Waals surface area (Å²) < 4.78 is 10.9. The quantitative estimate of drug-likeness (QED) is 0.282. The first-order chi connectivity index (χ1) is 14.9. The molecular formula is C27H40O4. The summed E-state index contributed by atoms with van der Waals surface area (Å²) in [6.45, 7) is 8.80. The molecule has 0 amide bonds. The van der Waals surface area contributed by atoms with Crippen molar-refractivity contribution >= 4 is 5.97 Å². The second-order valence-corrected chi connectivity index (χ2v) is 8.92. The zero-order valence-corrected chi connectivity index (χ0v) is 20.1. The van der Waals surface area contributed by atoms with E-state index >= 15 is 0 Å². The molecule has 0 bridgehead atoms. The molecule has 3 unspecified atom stereocenters. The molecule has 1 saturated carbocycles. The minimum atomic E-state index is -0.945. The fourth-order valence-corrected chi connectivity index (χ4v) is 4.81. The van der Waals surface area contributed by atoms with E-state index in [1.54, 1.807) is 20.3 Å². The predicted octanol–water partition coefficient (Wildman–Crippen LogP) is 7.22. The number of benzene rings is 1. The summed E-state index contributed by atoms with van der Waals surface area (Å²) in [5.41, 5.74) is 2.79. The van der Waals surface area contributed by atoms with Gasteiger partial charge in [-0.05, 0) is 86.6 Å². The van der Waals surface area contributed by atoms with Gasteiger partial charge in [-0.25, -0.2) is 4.79 Å². The lowest BCUT2D eigenvalue weighted by Crippen LogP contribution is -2.25. The van der Waals surface area contributed by atoms with E-state index < -0.39 is 5.97 Å². The van der Waals surface area contributed by atoms with Gasteiger partial charge in [-0.2, -0.15) is 0 Å². The molecule has 0 aliphatic heterocycles. The third-order valence-electron chi connectivity index (χ3n) is 7.13. The Balaban J connectivity index is 2.33. The number of rotatable bonds is 12. The smallest absolute Gasteiger partial charge is 0.339 e. The molecule has 31 heavy (non-hydrogen) atoms. The Labute approximate surface area is 188 Å². The van der Waals surface area contributed by atoms with Gasteiger partial charge in [-0.15, -0.1) is 0 Å². The monoisotopic (exact) mass is 428 g/mol. The lowest BCUT2D eigenvalue weighted by atomic mass is 9.67. The Kier molecular flexibility index (Phi) is 9.67. The SMILES string of the molecule is C/C=C(\C=C(/C)C(C)C(CCC)CC(c1ccc(C(=O)O)c(OC)c1)C1CCC1)OC. The van der Waals surface area contributed by atoms with E-state index in [0.29, 0.717) is 29.4 Å². The van der Waals surface area contributed by atoms with Gasteiger partial charge in [0, 0.05) is 0 Å². The zero-order valence-electron chi connectivity index (χ0n) is 20.1. The Bertz CT molecular complexity index is 788. The van der Waals surface area contributed by atoms with Crippen molar-refractivity contribution in [3.05, 3.63) is 52.8 Å². The highest BCUT2D eigenvalue weighted by Gasteiger charge is 2.33. The number of carbonyl (C=O) groups is 1. The molecule has 172 valence electrons. The summed E-state index contributed by atoms with van der Waals surface area (Å²) in [4.78, 5) is 11.5. The number of hydrogen-bond donors (Lipinski definition) is 1. The average molecular weight is 429 g/mol. The maximum Gasteiger partial charge on any atom is 0.339 e. The number of carboxylic acid groups (broad SMARTS) is 1. The molecule has 0 heterocycles. The third kappa shape index (κ3) is 6.38. The maximum atomic E-state index is 11.5. The molecule has 0 saturated heterocycles. The molecule has 1 fully saturated rings. The molecule has 1 aliphatic carbocycles. The molecule has 1 N–H and O–H groups in total. The van der Waals surface area contributed by atoms with Crippen LogP contribution < -0.4 is 4.74 Å². The van der Waals surface area contributed by atoms with Crippen LogP contribution in [0.5, 0.6) is 5.75 Å². The molecule has 0 aromatic heterocycles. The lowest BCUT2D eigenvalue weighted by molar-refractivity contribution is 0.0693. The number of hydrogen-bond acceptors (Lipinski definition) is 3. The third-order valence-corrected chi connectivity index (χ3v) is 7.13. The minimum absolute atomic E-state index is 0.231. The Morgan fingerprint density at radius 1 is 1.29 bits per heavy atom. The normalized spacial score (nSPS) is 18.1. The summed E-state index contributed by atoms with van der Waals surface area (Å²) in [5, 5.41) is 9.45. The van der Waals surface area contributed by atoms with Gasteiger partial charge < -0.3 is 14.6 Å². The van der Waals surface area contributed by atoms with Crippen LogP contribution in [-0.4, -0.2) is 25.3 Å². The highest BCUT2D eigenvalue weighted by molar-refractivity contribution is 5.91. The standard InChI is InChI=1S/C27H40O4/c1-7-10-21(19(4)18(3)15-23(8-2)30-5)16-25(20-11-9-12-20)22-13-14-24(27(28)29)26(17-22)31-6/h8,13-15,17,19-21,25H,7,9-12,16H2,1-6H3,(H,28,29)/b18-15+,23-8+. The highest BCUT2D eigenvalue weighted by atomic mass is 16.5. The molecule has 0 spiro atoms. The molecule has 2 rings (SSSR count). The van der Waals surface area contributed by atoms with Gasteiger partial charge in [0.05, 0.1) is 14.2 Å². The average Bonchev–Trinajstić information content (AvgIpc) is 2.73. The van der Waals surface area contributed by atoms with E-state index in [1.807, 2.05) is 25.1 Å². The molecule has 1 aromatic carbocycles. The van der Waals surface area contributed by atoms with Crippen molar-refractivity contribution in [1.82, 2.24) is 0 Å². The summed E-state index contributed by atoms with van der Waals surface area (Å²) in [7, 11) is 3.27. The van der Waals surface area contributed by atoms with Gasteiger partial charge in [0.15, 0.2) is 0 Å². The fourth-order valence-electron chi connectivity index (χ4n) is 4.81. The van der Waals surface area contributed by atoms with Crippen LogP contribution in [0, 0.1) is 17.8 Å². The van der Waals surface area contributed by atoms with Crippen molar-refractivity contribution < 1.29 is 19.4 Å². The van der Waals surface area contributed by atoms with Crippen LogP contribution >= 0.6 is 0 Å². The van der Waals surface area contributed by atoms with Crippen LogP contribution in [0.15, 0.2) is 41.7 Å². The highest BCUT2D eigenvalue weighted by Crippen LogP contribution is 2.46. The number of carboxylic acids is 1. The summed E-state index contributed by atoms with van der Waals surface area (Å²) >= 11 is 0. The Morgan fingerprint density at radius 3 is 2.48 bits per heavy atom. The van der Waals surface area contributed by atoms with Gasteiger partial charge >= 0.3 is 5.97 Å². The van der Waals surface area contributed by atoms with Crippen molar-refractivity contribution in [1.29, 1.82) is 0 Å². The van der Waals surface area contributed by atoms with Gasteiger partial charge in [-0.1, -0.05) is 44.7 Å².